The van der Waals surface area contributed by atoms with E-state index in [9.17, 15) is 0 Å². The molecule has 0 aliphatic rings. The number of nitrogens with one attached hydrogen (secondary N) is 1. The summed E-state index contributed by atoms with van der Waals surface area (Å²) in [4.78, 5) is 0. The molecule has 1 N–H and O–H groups in total. The normalized spacial score (nSPS) is 11.0. The molecule has 0 saturated heterocycles. The second-order valence-electron chi connectivity index (χ2n) is 5.44. The van der Waals surface area contributed by atoms with Gasteiger partial charge in [0.25, 0.3) is 0 Å². The Kier molecular flexibility index (Phi) is 6.43. The summed E-state index contributed by atoms with van der Waals surface area (Å²) in [5, 5.41) is 3.43. The minimum Gasteiger partial charge on any atom is -0.372 e. The minimum absolute atomic E-state index is 0.500. The molecule has 0 heterocycles. The number of ether oxygens (including phenoxy) is 1. The van der Waals surface area contributed by atoms with Gasteiger partial charge in [-0.05, 0) is 22.8 Å². The Morgan fingerprint density at radius 2 is 1.76 bits per heavy atom. The molecule has 21 heavy (non-hydrogen) atoms. The number of rotatable bonds is 7. The molecule has 0 aliphatic carbocycles. The van der Waals surface area contributed by atoms with Crippen molar-refractivity contribution in [3.05, 3.63) is 69.7 Å². The van der Waals surface area contributed by atoms with Gasteiger partial charge in [0, 0.05) is 17.1 Å². The van der Waals surface area contributed by atoms with Gasteiger partial charge in [-0.25, -0.2) is 0 Å². The van der Waals surface area contributed by atoms with E-state index in [0.29, 0.717) is 19.3 Å². The third-order valence-electron chi connectivity index (χ3n) is 3.19. The molecule has 2 nitrogen and oxygen atoms in total. The number of benzene rings is 2. The molecule has 0 spiro atoms. The molecule has 0 saturated carbocycles. The van der Waals surface area contributed by atoms with Crippen molar-refractivity contribution < 1.29 is 4.74 Å². The number of halogens is 1. The Bertz CT molecular complexity index is 569. The SMILES string of the molecule is CC(C)NCc1cccc(COCc2ccccc2Br)c1. The highest BCUT2D eigenvalue weighted by atomic mass is 79.9. The van der Waals surface area contributed by atoms with Crippen LogP contribution in [0.5, 0.6) is 0 Å². The second kappa shape index (κ2) is 8.32. The van der Waals surface area contributed by atoms with Crippen molar-refractivity contribution in [2.75, 3.05) is 0 Å². The predicted molar refractivity (Wildman–Crippen MR) is 91.1 cm³/mol. The molecule has 0 amide bonds. The Hall–Kier alpha value is -1.16. The van der Waals surface area contributed by atoms with Crippen LogP contribution in [0, 0.1) is 0 Å². The van der Waals surface area contributed by atoms with Crippen molar-refractivity contribution >= 4 is 15.9 Å². The summed E-state index contributed by atoms with van der Waals surface area (Å²) in [7, 11) is 0. The molecular weight excluding hydrogens is 326 g/mol. The van der Waals surface area contributed by atoms with Gasteiger partial charge in [-0.15, -0.1) is 0 Å². The van der Waals surface area contributed by atoms with E-state index in [0.717, 1.165) is 11.0 Å². The molecular formula is C18H22BrNO. The third kappa shape index (κ3) is 5.62. The first-order valence-electron chi connectivity index (χ1n) is 7.27. The molecule has 0 bridgehead atoms. The Labute approximate surface area is 135 Å². The van der Waals surface area contributed by atoms with Crippen LogP contribution in [0.4, 0.5) is 0 Å². The zero-order valence-electron chi connectivity index (χ0n) is 12.6. The fourth-order valence-electron chi connectivity index (χ4n) is 2.05. The molecule has 0 radical (unpaired) electrons. The maximum atomic E-state index is 5.82. The first kappa shape index (κ1) is 16.2. The highest BCUT2D eigenvalue weighted by Gasteiger charge is 2.01. The van der Waals surface area contributed by atoms with Gasteiger partial charge in [0.05, 0.1) is 13.2 Å². The molecule has 0 aromatic heterocycles. The van der Waals surface area contributed by atoms with Crippen LogP contribution in [0.2, 0.25) is 0 Å². The van der Waals surface area contributed by atoms with Crippen LogP contribution in [0.3, 0.4) is 0 Å². The monoisotopic (exact) mass is 347 g/mol. The van der Waals surface area contributed by atoms with Crippen LogP contribution >= 0.6 is 15.9 Å². The summed E-state index contributed by atoms with van der Waals surface area (Å²) >= 11 is 3.54. The summed E-state index contributed by atoms with van der Waals surface area (Å²) in [6.45, 7) is 6.47. The summed E-state index contributed by atoms with van der Waals surface area (Å²) in [6, 6.07) is 17.2. The lowest BCUT2D eigenvalue weighted by atomic mass is 10.1. The number of hydrogen-bond donors (Lipinski definition) is 1. The Morgan fingerprint density at radius 3 is 2.52 bits per heavy atom. The maximum Gasteiger partial charge on any atom is 0.0732 e. The van der Waals surface area contributed by atoms with E-state index in [1.807, 2.05) is 18.2 Å². The van der Waals surface area contributed by atoms with Gasteiger partial charge in [-0.3, -0.25) is 0 Å². The first-order valence-corrected chi connectivity index (χ1v) is 8.07. The van der Waals surface area contributed by atoms with E-state index in [-0.39, 0.29) is 0 Å². The molecule has 2 aromatic carbocycles. The van der Waals surface area contributed by atoms with E-state index in [2.05, 4.69) is 65.4 Å². The van der Waals surface area contributed by atoms with Gasteiger partial charge < -0.3 is 10.1 Å². The van der Waals surface area contributed by atoms with Crippen molar-refractivity contribution in [1.82, 2.24) is 5.32 Å². The first-order chi connectivity index (χ1) is 10.1. The molecule has 0 unspecified atom stereocenters. The van der Waals surface area contributed by atoms with E-state index in [1.54, 1.807) is 0 Å². The fraction of sp³-hybridized carbons (Fsp3) is 0.333. The molecule has 0 fully saturated rings. The topological polar surface area (TPSA) is 21.3 Å². The highest BCUT2D eigenvalue weighted by Crippen LogP contribution is 2.17. The molecule has 3 heteroatoms. The Morgan fingerprint density at radius 1 is 1.00 bits per heavy atom. The van der Waals surface area contributed by atoms with Crippen LogP contribution in [0.15, 0.2) is 53.0 Å². The van der Waals surface area contributed by atoms with Crippen LogP contribution in [-0.2, 0) is 24.5 Å². The van der Waals surface area contributed by atoms with Gasteiger partial charge in [0.15, 0.2) is 0 Å². The van der Waals surface area contributed by atoms with Crippen molar-refractivity contribution in [3.63, 3.8) is 0 Å². The van der Waals surface area contributed by atoms with Gasteiger partial charge in [-0.2, -0.15) is 0 Å². The lowest BCUT2D eigenvalue weighted by molar-refractivity contribution is 0.106. The summed E-state index contributed by atoms with van der Waals surface area (Å²) < 4.78 is 6.91. The van der Waals surface area contributed by atoms with Crippen LogP contribution in [-0.4, -0.2) is 6.04 Å². The van der Waals surface area contributed by atoms with Crippen LogP contribution in [0.25, 0.3) is 0 Å². The second-order valence-corrected chi connectivity index (χ2v) is 6.29. The summed E-state index contributed by atoms with van der Waals surface area (Å²) in [5.41, 5.74) is 3.69. The quantitative estimate of drug-likeness (QED) is 0.786. The molecule has 2 aromatic rings. The van der Waals surface area contributed by atoms with Crippen molar-refractivity contribution in [2.45, 2.75) is 39.6 Å². The van der Waals surface area contributed by atoms with E-state index in [4.69, 9.17) is 4.74 Å². The predicted octanol–water partition coefficient (Wildman–Crippen LogP) is 4.66. The lowest BCUT2D eigenvalue weighted by Crippen LogP contribution is -2.21. The minimum atomic E-state index is 0.500. The van der Waals surface area contributed by atoms with Gasteiger partial charge in [0.1, 0.15) is 0 Å². The molecule has 112 valence electrons. The summed E-state index contributed by atoms with van der Waals surface area (Å²) in [5.74, 6) is 0. The zero-order valence-corrected chi connectivity index (χ0v) is 14.2. The molecule has 2 rings (SSSR count). The molecule has 0 aliphatic heterocycles. The highest BCUT2D eigenvalue weighted by molar-refractivity contribution is 9.10. The average Bonchev–Trinajstić information content (AvgIpc) is 2.48. The zero-order chi connectivity index (χ0) is 15.1. The van der Waals surface area contributed by atoms with Gasteiger partial charge in [0.2, 0.25) is 0 Å². The van der Waals surface area contributed by atoms with Gasteiger partial charge in [-0.1, -0.05) is 72.2 Å². The van der Waals surface area contributed by atoms with Crippen LogP contribution < -0.4 is 5.32 Å². The summed E-state index contributed by atoms with van der Waals surface area (Å²) in [6.07, 6.45) is 0. The van der Waals surface area contributed by atoms with E-state index in [1.165, 1.54) is 16.7 Å². The third-order valence-corrected chi connectivity index (χ3v) is 3.96. The fourth-order valence-corrected chi connectivity index (χ4v) is 2.44. The Balaban J connectivity index is 1.86. The van der Waals surface area contributed by atoms with Crippen molar-refractivity contribution in [1.29, 1.82) is 0 Å². The largest absolute Gasteiger partial charge is 0.372 e. The van der Waals surface area contributed by atoms with Crippen molar-refractivity contribution in [2.24, 2.45) is 0 Å². The van der Waals surface area contributed by atoms with Crippen molar-refractivity contribution in [3.8, 4) is 0 Å². The van der Waals surface area contributed by atoms with E-state index >= 15 is 0 Å². The average molecular weight is 348 g/mol. The van der Waals surface area contributed by atoms with Gasteiger partial charge >= 0.3 is 0 Å². The van der Waals surface area contributed by atoms with E-state index < -0.39 is 0 Å². The smallest absolute Gasteiger partial charge is 0.0732 e. The van der Waals surface area contributed by atoms with Crippen LogP contribution in [0.1, 0.15) is 30.5 Å². The molecule has 0 atom stereocenters. The maximum absolute atomic E-state index is 5.82. The lowest BCUT2D eigenvalue weighted by Gasteiger charge is -2.10. The number of hydrogen-bond acceptors (Lipinski definition) is 2. The standard InChI is InChI=1S/C18H22BrNO/c1-14(2)20-11-15-6-5-7-16(10-15)12-21-13-17-8-3-4-9-18(17)19/h3-10,14,20H,11-13H2,1-2H3.